The molecule has 3 amide bonds. The average Bonchev–Trinajstić information content (AvgIpc) is 2.88. The minimum Gasteiger partial charge on any atom is -0.493 e. The van der Waals surface area contributed by atoms with Crippen molar-refractivity contribution in [2.45, 2.75) is 13.0 Å². The van der Waals surface area contributed by atoms with E-state index < -0.39 is 11.8 Å². The fraction of sp³-hybridized carbons (Fsp3) is 0.400. The molecule has 1 heterocycles. The monoisotopic (exact) mass is 468 g/mol. The number of ether oxygens (including phenoxy) is 2. The third-order valence-corrected chi connectivity index (χ3v) is 5.86. The van der Waals surface area contributed by atoms with E-state index >= 15 is 0 Å². The van der Waals surface area contributed by atoms with E-state index in [0.29, 0.717) is 56.3 Å². The molecular weight excluding hydrogens is 436 g/mol. The van der Waals surface area contributed by atoms with Crippen LogP contribution in [0.4, 0.5) is 0 Å². The smallest absolute Gasteiger partial charge is 0.309 e. The van der Waals surface area contributed by atoms with Crippen LogP contribution in [0.3, 0.4) is 0 Å². The summed E-state index contributed by atoms with van der Waals surface area (Å²) < 4.78 is 10.5. The number of carbonyl (C=O) groups is 3. The molecule has 2 N–H and O–H groups in total. The van der Waals surface area contributed by atoms with Crippen molar-refractivity contribution in [1.82, 2.24) is 20.4 Å². The molecule has 9 nitrogen and oxygen atoms in total. The Kier molecular flexibility index (Phi) is 8.86. The van der Waals surface area contributed by atoms with Gasteiger partial charge in [-0.25, -0.2) is 0 Å². The van der Waals surface area contributed by atoms with E-state index in [0.717, 1.165) is 5.56 Å². The van der Waals surface area contributed by atoms with Gasteiger partial charge in [-0.2, -0.15) is 0 Å². The molecule has 2 aromatic rings. The fourth-order valence-corrected chi connectivity index (χ4v) is 3.82. The van der Waals surface area contributed by atoms with Crippen molar-refractivity contribution in [2.24, 2.45) is 0 Å². The SMILES string of the molecule is COc1ccc(C(=O)N2CCN(CCNC(=O)C(=O)N[C@H](C)c3ccccc3)CC2)cc1OC. The molecule has 1 atom stereocenters. The molecule has 2 aromatic carbocycles. The quantitative estimate of drug-likeness (QED) is 0.569. The summed E-state index contributed by atoms with van der Waals surface area (Å²) in [4.78, 5) is 41.1. The van der Waals surface area contributed by atoms with E-state index in [1.54, 1.807) is 30.2 Å². The van der Waals surface area contributed by atoms with Gasteiger partial charge in [0.05, 0.1) is 20.3 Å². The number of rotatable bonds is 8. The summed E-state index contributed by atoms with van der Waals surface area (Å²) in [5.41, 5.74) is 1.48. The van der Waals surface area contributed by atoms with Crippen molar-refractivity contribution in [2.75, 3.05) is 53.5 Å². The highest BCUT2D eigenvalue weighted by atomic mass is 16.5. The van der Waals surface area contributed by atoms with Gasteiger partial charge in [0, 0.05) is 44.8 Å². The van der Waals surface area contributed by atoms with Gasteiger partial charge in [-0.05, 0) is 30.7 Å². The predicted molar refractivity (Wildman–Crippen MR) is 128 cm³/mol. The maximum Gasteiger partial charge on any atom is 0.309 e. The number of nitrogens with one attached hydrogen (secondary N) is 2. The van der Waals surface area contributed by atoms with Crippen LogP contribution in [0.2, 0.25) is 0 Å². The number of piperazine rings is 1. The van der Waals surface area contributed by atoms with Gasteiger partial charge < -0.3 is 25.0 Å². The highest BCUT2D eigenvalue weighted by Gasteiger charge is 2.23. The highest BCUT2D eigenvalue weighted by Crippen LogP contribution is 2.28. The van der Waals surface area contributed by atoms with Gasteiger partial charge in [-0.3, -0.25) is 19.3 Å². The maximum absolute atomic E-state index is 12.9. The molecule has 9 heteroatoms. The van der Waals surface area contributed by atoms with Crippen LogP contribution in [0.5, 0.6) is 11.5 Å². The summed E-state index contributed by atoms with van der Waals surface area (Å²) in [6.45, 7) is 5.33. The van der Waals surface area contributed by atoms with Gasteiger partial charge in [-0.15, -0.1) is 0 Å². The zero-order chi connectivity index (χ0) is 24.5. The summed E-state index contributed by atoms with van der Waals surface area (Å²) in [7, 11) is 3.09. The van der Waals surface area contributed by atoms with Crippen molar-refractivity contribution in [1.29, 1.82) is 0 Å². The molecule has 0 bridgehead atoms. The number of carbonyl (C=O) groups excluding carboxylic acids is 3. The van der Waals surface area contributed by atoms with Crippen LogP contribution < -0.4 is 20.1 Å². The lowest BCUT2D eigenvalue weighted by Gasteiger charge is -2.34. The molecular formula is C25H32N4O5. The van der Waals surface area contributed by atoms with Crippen molar-refractivity contribution < 1.29 is 23.9 Å². The van der Waals surface area contributed by atoms with E-state index in [9.17, 15) is 14.4 Å². The lowest BCUT2D eigenvalue weighted by Crippen LogP contribution is -2.51. The average molecular weight is 469 g/mol. The van der Waals surface area contributed by atoms with Gasteiger partial charge in [0.2, 0.25) is 0 Å². The molecule has 1 fully saturated rings. The molecule has 0 aromatic heterocycles. The minimum atomic E-state index is -0.651. The third kappa shape index (κ3) is 6.48. The summed E-state index contributed by atoms with van der Waals surface area (Å²) in [6, 6.07) is 14.4. The Bertz CT molecular complexity index is 990. The van der Waals surface area contributed by atoms with Crippen molar-refractivity contribution in [3.63, 3.8) is 0 Å². The van der Waals surface area contributed by atoms with Gasteiger partial charge >= 0.3 is 11.8 Å². The van der Waals surface area contributed by atoms with Crippen LogP contribution in [0.25, 0.3) is 0 Å². The Balaban J connectivity index is 1.39. The van der Waals surface area contributed by atoms with Gasteiger partial charge in [0.25, 0.3) is 5.91 Å². The van der Waals surface area contributed by atoms with Crippen LogP contribution in [-0.4, -0.2) is 81.0 Å². The lowest BCUT2D eigenvalue weighted by molar-refractivity contribution is -0.139. The second-order valence-electron chi connectivity index (χ2n) is 8.07. The van der Waals surface area contributed by atoms with Crippen molar-refractivity contribution >= 4 is 17.7 Å². The number of amides is 3. The van der Waals surface area contributed by atoms with E-state index in [4.69, 9.17) is 9.47 Å². The zero-order valence-corrected chi connectivity index (χ0v) is 19.9. The van der Waals surface area contributed by atoms with Crippen LogP contribution in [0.1, 0.15) is 28.9 Å². The second kappa shape index (κ2) is 12.0. The maximum atomic E-state index is 12.9. The molecule has 1 aliphatic rings. The Morgan fingerprint density at radius 3 is 2.24 bits per heavy atom. The normalized spacial score (nSPS) is 14.7. The van der Waals surface area contributed by atoms with E-state index in [2.05, 4.69) is 15.5 Å². The Morgan fingerprint density at radius 1 is 0.912 bits per heavy atom. The first-order valence-corrected chi connectivity index (χ1v) is 11.3. The molecule has 3 rings (SSSR count). The largest absolute Gasteiger partial charge is 0.493 e. The molecule has 1 saturated heterocycles. The topological polar surface area (TPSA) is 100 Å². The summed E-state index contributed by atoms with van der Waals surface area (Å²) in [5, 5.41) is 5.38. The van der Waals surface area contributed by atoms with E-state index in [1.807, 2.05) is 37.3 Å². The summed E-state index contributed by atoms with van der Waals surface area (Å²) >= 11 is 0. The van der Waals surface area contributed by atoms with Crippen LogP contribution in [0.15, 0.2) is 48.5 Å². The highest BCUT2D eigenvalue weighted by molar-refractivity contribution is 6.35. The van der Waals surface area contributed by atoms with E-state index in [1.165, 1.54) is 7.11 Å². The van der Waals surface area contributed by atoms with Crippen LogP contribution in [0, 0.1) is 0 Å². The minimum absolute atomic E-state index is 0.0573. The van der Waals surface area contributed by atoms with Crippen LogP contribution in [-0.2, 0) is 9.59 Å². The van der Waals surface area contributed by atoms with Crippen molar-refractivity contribution in [3.8, 4) is 11.5 Å². The Morgan fingerprint density at radius 2 is 1.59 bits per heavy atom. The lowest BCUT2D eigenvalue weighted by atomic mass is 10.1. The summed E-state index contributed by atoms with van der Waals surface area (Å²) in [5.74, 6) is -0.260. The second-order valence-corrected chi connectivity index (χ2v) is 8.07. The molecule has 182 valence electrons. The van der Waals surface area contributed by atoms with Crippen LogP contribution >= 0.6 is 0 Å². The first kappa shape index (κ1) is 25.0. The fourth-order valence-electron chi connectivity index (χ4n) is 3.82. The first-order chi connectivity index (χ1) is 16.4. The number of methoxy groups -OCH3 is 2. The third-order valence-electron chi connectivity index (χ3n) is 5.86. The van der Waals surface area contributed by atoms with E-state index in [-0.39, 0.29) is 11.9 Å². The molecule has 0 radical (unpaired) electrons. The van der Waals surface area contributed by atoms with Gasteiger partial charge in [0.15, 0.2) is 11.5 Å². The zero-order valence-electron chi connectivity index (χ0n) is 19.9. The molecule has 0 saturated carbocycles. The number of benzene rings is 2. The molecule has 1 aliphatic heterocycles. The number of hydrogen-bond acceptors (Lipinski definition) is 6. The number of nitrogens with zero attached hydrogens (tertiary/aromatic N) is 2. The van der Waals surface area contributed by atoms with Crippen molar-refractivity contribution in [3.05, 3.63) is 59.7 Å². The first-order valence-electron chi connectivity index (χ1n) is 11.3. The summed E-state index contributed by atoms with van der Waals surface area (Å²) in [6.07, 6.45) is 0. The molecule has 34 heavy (non-hydrogen) atoms. The molecule has 0 unspecified atom stereocenters. The molecule has 0 spiro atoms. The number of hydrogen-bond donors (Lipinski definition) is 2. The van der Waals surface area contributed by atoms with Gasteiger partial charge in [-0.1, -0.05) is 30.3 Å². The van der Waals surface area contributed by atoms with Gasteiger partial charge in [0.1, 0.15) is 0 Å². The standard InChI is InChI=1S/C25H32N4O5/c1-18(19-7-5-4-6-8-19)27-24(31)23(30)26-11-12-28-13-15-29(16-14-28)25(32)20-9-10-21(33-2)22(17-20)34-3/h4-10,17-18H,11-16H2,1-3H3,(H,26,30)(H,27,31)/t18-/m1/s1. The molecule has 0 aliphatic carbocycles. The Hall–Kier alpha value is -3.59. The predicted octanol–water partition coefficient (Wildman–Crippen LogP) is 1.46. The Labute approximate surface area is 200 Å².